The van der Waals surface area contributed by atoms with Crippen LogP contribution < -0.4 is 10.5 Å². The average Bonchev–Trinajstić information content (AvgIpc) is 2.46. The summed E-state index contributed by atoms with van der Waals surface area (Å²) in [6.45, 7) is 0. The Morgan fingerprint density at radius 3 is 2.50 bits per heavy atom. The maximum atomic E-state index is 12.2. The van der Waals surface area contributed by atoms with Gasteiger partial charge in [-0.3, -0.25) is 4.98 Å². The van der Waals surface area contributed by atoms with Gasteiger partial charge in [0.25, 0.3) is 0 Å². The van der Waals surface area contributed by atoms with Gasteiger partial charge in [-0.2, -0.15) is 0 Å². The summed E-state index contributed by atoms with van der Waals surface area (Å²) in [5, 5.41) is 0. The molecule has 0 radical (unpaired) electrons. The molecule has 0 aliphatic carbocycles. The minimum atomic E-state index is -3.40. The van der Waals surface area contributed by atoms with Crippen molar-refractivity contribution in [3.8, 4) is 5.75 Å². The molecule has 0 amide bonds. The largest absolute Gasteiger partial charge is 0.497 e. The zero-order chi connectivity index (χ0) is 14.6. The Hall–Kier alpha value is -2.08. The highest BCUT2D eigenvalue weighted by Gasteiger charge is 2.17. The molecular weight excluding hydrogens is 276 g/mol. The number of nitrogens with two attached hydrogens (primary N) is 1. The topological polar surface area (TPSA) is 82.3 Å². The van der Waals surface area contributed by atoms with Gasteiger partial charge in [0.05, 0.1) is 29.6 Å². The average molecular weight is 292 g/mol. The highest BCUT2D eigenvalue weighted by atomic mass is 32.2. The monoisotopic (exact) mass is 292 g/mol. The predicted octanol–water partition coefficient (Wildman–Crippen LogP) is 1.69. The second-order valence-electron chi connectivity index (χ2n) is 4.33. The SMILES string of the molecule is COc1ccc(CCS(=O)(=O)c2ccncc2N)cc1. The lowest BCUT2D eigenvalue weighted by Gasteiger charge is -2.07. The summed E-state index contributed by atoms with van der Waals surface area (Å²) in [4.78, 5) is 3.93. The molecule has 1 aromatic carbocycles. The number of rotatable bonds is 5. The van der Waals surface area contributed by atoms with Gasteiger partial charge in [0.2, 0.25) is 0 Å². The molecular formula is C14H16N2O3S. The number of methoxy groups -OCH3 is 1. The van der Waals surface area contributed by atoms with Gasteiger partial charge >= 0.3 is 0 Å². The van der Waals surface area contributed by atoms with E-state index in [9.17, 15) is 8.42 Å². The van der Waals surface area contributed by atoms with Crippen LogP contribution >= 0.6 is 0 Å². The lowest BCUT2D eigenvalue weighted by Crippen LogP contribution is -2.11. The fraction of sp³-hybridized carbons (Fsp3) is 0.214. The molecule has 1 aromatic heterocycles. The van der Waals surface area contributed by atoms with Crippen molar-refractivity contribution in [2.24, 2.45) is 0 Å². The molecule has 1 heterocycles. The minimum Gasteiger partial charge on any atom is -0.497 e. The number of benzene rings is 1. The van der Waals surface area contributed by atoms with Crippen LogP contribution in [-0.2, 0) is 16.3 Å². The van der Waals surface area contributed by atoms with Crippen molar-refractivity contribution in [3.05, 3.63) is 48.3 Å². The Balaban J connectivity index is 2.11. The highest BCUT2D eigenvalue weighted by Crippen LogP contribution is 2.19. The van der Waals surface area contributed by atoms with Gasteiger partial charge in [-0.25, -0.2) is 8.42 Å². The van der Waals surface area contributed by atoms with E-state index in [-0.39, 0.29) is 16.3 Å². The third-order valence-corrected chi connectivity index (χ3v) is 4.75. The Labute approximate surface area is 118 Å². The van der Waals surface area contributed by atoms with E-state index >= 15 is 0 Å². The number of hydrogen-bond acceptors (Lipinski definition) is 5. The molecule has 2 N–H and O–H groups in total. The van der Waals surface area contributed by atoms with Crippen LogP contribution in [0.2, 0.25) is 0 Å². The summed E-state index contributed by atoms with van der Waals surface area (Å²) in [6.07, 6.45) is 3.20. The Morgan fingerprint density at radius 1 is 1.20 bits per heavy atom. The molecule has 0 fully saturated rings. The first kappa shape index (κ1) is 14.3. The Kier molecular flexibility index (Phi) is 4.24. The number of aromatic nitrogens is 1. The maximum Gasteiger partial charge on any atom is 0.180 e. The molecule has 0 aliphatic heterocycles. The van der Waals surface area contributed by atoms with Gasteiger partial charge in [0.1, 0.15) is 5.75 Å². The van der Waals surface area contributed by atoms with E-state index in [1.54, 1.807) is 7.11 Å². The van der Waals surface area contributed by atoms with Gasteiger partial charge in [-0.15, -0.1) is 0 Å². The highest BCUT2D eigenvalue weighted by molar-refractivity contribution is 7.91. The van der Waals surface area contributed by atoms with Crippen molar-refractivity contribution in [3.63, 3.8) is 0 Å². The second-order valence-corrected chi connectivity index (χ2v) is 6.41. The number of nitrogens with zero attached hydrogens (tertiary/aromatic N) is 1. The van der Waals surface area contributed by atoms with Crippen LogP contribution in [0.15, 0.2) is 47.6 Å². The maximum absolute atomic E-state index is 12.2. The quantitative estimate of drug-likeness (QED) is 0.906. The number of aryl methyl sites for hydroxylation is 1. The Morgan fingerprint density at radius 2 is 1.90 bits per heavy atom. The van der Waals surface area contributed by atoms with Crippen molar-refractivity contribution >= 4 is 15.5 Å². The minimum absolute atomic E-state index is 0.00748. The van der Waals surface area contributed by atoms with Gasteiger partial charge in [-0.05, 0) is 30.2 Å². The number of nitrogen functional groups attached to an aromatic ring is 1. The van der Waals surface area contributed by atoms with Gasteiger partial charge in [0, 0.05) is 6.20 Å². The van der Waals surface area contributed by atoms with E-state index in [2.05, 4.69) is 4.98 Å². The number of hydrogen-bond donors (Lipinski definition) is 1. The molecule has 0 bridgehead atoms. The molecule has 0 saturated carbocycles. The van der Waals surface area contributed by atoms with Crippen LogP contribution in [0.4, 0.5) is 5.69 Å². The molecule has 2 aromatic rings. The molecule has 5 nitrogen and oxygen atoms in total. The van der Waals surface area contributed by atoms with E-state index in [1.165, 1.54) is 18.5 Å². The van der Waals surface area contributed by atoms with E-state index in [0.717, 1.165) is 11.3 Å². The molecule has 0 saturated heterocycles. The van der Waals surface area contributed by atoms with Gasteiger partial charge in [-0.1, -0.05) is 12.1 Å². The third-order valence-electron chi connectivity index (χ3n) is 2.96. The molecule has 0 unspecified atom stereocenters. The summed E-state index contributed by atoms with van der Waals surface area (Å²) in [5.74, 6) is 0.753. The summed E-state index contributed by atoms with van der Waals surface area (Å²) in [7, 11) is -1.81. The van der Waals surface area contributed by atoms with Crippen LogP contribution in [0.5, 0.6) is 5.75 Å². The number of pyridine rings is 1. The van der Waals surface area contributed by atoms with Crippen molar-refractivity contribution in [2.45, 2.75) is 11.3 Å². The number of sulfone groups is 1. The van der Waals surface area contributed by atoms with Crippen molar-refractivity contribution < 1.29 is 13.2 Å². The number of ether oxygens (including phenoxy) is 1. The molecule has 6 heteroatoms. The van der Waals surface area contributed by atoms with Crippen LogP contribution in [-0.4, -0.2) is 26.3 Å². The normalized spacial score (nSPS) is 11.2. The smallest absolute Gasteiger partial charge is 0.180 e. The molecule has 20 heavy (non-hydrogen) atoms. The van der Waals surface area contributed by atoms with Crippen molar-refractivity contribution in [1.29, 1.82) is 0 Å². The first-order valence-corrected chi connectivity index (χ1v) is 7.73. The van der Waals surface area contributed by atoms with E-state index in [1.807, 2.05) is 24.3 Å². The summed E-state index contributed by atoms with van der Waals surface area (Å²) in [5.41, 5.74) is 6.77. The van der Waals surface area contributed by atoms with E-state index < -0.39 is 9.84 Å². The lowest BCUT2D eigenvalue weighted by molar-refractivity contribution is 0.414. The summed E-state index contributed by atoms with van der Waals surface area (Å²) < 4.78 is 29.5. The van der Waals surface area contributed by atoms with Gasteiger partial charge < -0.3 is 10.5 Å². The summed E-state index contributed by atoms with van der Waals surface area (Å²) in [6, 6.07) is 8.75. The van der Waals surface area contributed by atoms with E-state index in [0.29, 0.717) is 6.42 Å². The summed E-state index contributed by atoms with van der Waals surface area (Å²) >= 11 is 0. The van der Waals surface area contributed by atoms with Crippen LogP contribution in [0, 0.1) is 0 Å². The molecule has 0 aliphatic rings. The predicted molar refractivity (Wildman–Crippen MR) is 77.4 cm³/mol. The fourth-order valence-corrected chi connectivity index (χ4v) is 3.24. The van der Waals surface area contributed by atoms with Crippen LogP contribution in [0.25, 0.3) is 0 Å². The van der Waals surface area contributed by atoms with Crippen LogP contribution in [0.3, 0.4) is 0 Å². The molecule has 106 valence electrons. The first-order chi connectivity index (χ1) is 9.53. The lowest BCUT2D eigenvalue weighted by atomic mass is 10.2. The third kappa shape index (κ3) is 3.27. The van der Waals surface area contributed by atoms with Crippen molar-refractivity contribution in [1.82, 2.24) is 4.98 Å². The standard InChI is InChI=1S/C14H16N2O3S/c1-19-12-4-2-11(3-5-12)7-9-20(17,18)14-6-8-16-10-13(14)15/h2-6,8,10H,7,9,15H2,1H3. The van der Waals surface area contributed by atoms with E-state index in [4.69, 9.17) is 10.5 Å². The first-order valence-electron chi connectivity index (χ1n) is 6.08. The fourth-order valence-electron chi connectivity index (χ4n) is 1.83. The zero-order valence-electron chi connectivity index (χ0n) is 11.1. The van der Waals surface area contributed by atoms with Crippen molar-refractivity contribution in [2.75, 3.05) is 18.6 Å². The van der Waals surface area contributed by atoms with Gasteiger partial charge in [0.15, 0.2) is 9.84 Å². The molecule has 2 rings (SSSR count). The Bertz CT molecular complexity index is 682. The number of anilines is 1. The molecule has 0 spiro atoms. The van der Waals surface area contributed by atoms with Crippen LogP contribution in [0.1, 0.15) is 5.56 Å². The molecule has 0 atom stereocenters. The zero-order valence-corrected chi connectivity index (χ0v) is 11.9. The second kappa shape index (κ2) is 5.92.